The number of nitrogens with zero attached hydrogens (tertiary/aromatic N) is 4. The number of rotatable bonds is 19. The van der Waals surface area contributed by atoms with Crippen molar-refractivity contribution in [3.8, 4) is 11.5 Å². The maximum Gasteiger partial charge on any atom is 0.138 e. The van der Waals surface area contributed by atoms with Gasteiger partial charge in [-0.1, -0.05) is 86.7 Å². The van der Waals surface area contributed by atoms with Gasteiger partial charge in [0.25, 0.3) is 0 Å². The second-order valence-corrected chi connectivity index (χ2v) is 10.3. The summed E-state index contributed by atoms with van der Waals surface area (Å²) in [6, 6.07) is 25.9. The minimum absolute atomic E-state index is 0.516. The van der Waals surface area contributed by atoms with Crippen LogP contribution < -0.4 is 9.47 Å². The molecule has 4 rings (SSSR count). The number of ether oxygens (including phenoxy) is 4. The van der Waals surface area contributed by atoms with Gasteiger partial charge in [0.05, 0.1) is 63.3 Å². The van der Waals surface area contributed by atoms with Crippen molar-refractivity contribution in [1.82, 2.24) is 9.97 Å². The first-order valence-electron chi connectivity index (χ1n) is 16.4. The molecule has 0 bridgehead atoms. The van der Waals surface area contributed by atoms with E-state index in [-0.39, 0.29) is 0 Å². The van der Waals surface area contributed by atoms with Gasteiger partial charge in [0.2, 0.25) is 0 Å². The van der Waals surface area contributed by atoms with Crippen molar-refractivity contribution in [3.63, 3.8) is 0 Å². The molecule has 2 aromatic heterocycles. The van der Waals surface area contributed by atoms with E-state index >= 15 is 0 Å². The second-order valence-electron chi connectivity index (χ2n) is 10.3. The third-order valence-corrected chi connectivity index (χ3v) is 6.66. The largest absolute Gasteiger partial charge is 0.487 e. The topological polar surface area (TPSA) is 87.4 Å². The second kappa shape index (κ2) is 23.4. The number of allylic oxidation sites excluding steroid dienone is 2. The van der Waals surface area contributed by atoms with E-state index in [1.54, 1.807) is 24.8 Å². The lowest BCUT2D eigenvalue weighted by Crippen LogP contribution is -2.01. The van der Waals surface area contributed by atoms with Crippen LogP contribution in [0.3, 0.4) is 0 Å². The van der Waals surface area contributed by atoms with Gasteiger partial charge in [-0.05, 0) is 60.4 Å². The number of aromatic nitrogens is 2. The van der Waals surface area contributed by atoms with Crippen LogP contribution in [0.4, 0.5) is 0 Å². The highest BCUT2D eigenvalue weighted by Crippen LogP contribution is 2.12. The first-order chi connectivity index (χ1) is 23.7. The average Bonchev–Trinajstić information content (AvgIpc) is 3.15. The van der Waals surface area contributed by atoms with Crippen LogP contribution in [-0.2, 0) is 29.3 Å². The van der Waals surface area contributed by atoms with E-state index in [0.717, 1.165) is 45.2 Å². The van der Waals surface area contributed by atoms with Crippen molar-refractivity contribution in [2.75, 3.05) is 32.9 Å². The van der Waals surface area contributed by atoms with Gasteiger partial charge in [-0.2, -0.15) is 0 Å². The smallest absolute Gasteiger partial charge is 0.138 e. The number of hydrogen-bond donors (Lipinski definition) is 0. The lowest BCUT2D eigenvalue weighted by Gasteiger charge is -2.06. The average molecular weight is 649 g/mol. The third kappa shape index (κ3) is 15.1. The SMILES string of the molecule is C/C=C\C(=C/C)COc1ccc(C=NCCOCc2ccc(COCCN=Cc3ccc(OCc4ccccc4)cn3)cc2)nc1.CC. The normalized spacial score (nSPS) is 11.6. The molecule has 0 aliphatic carbocycles. The Morgan fingerprint density at radius 2 is 1.15 bits per heavy atom. The Kier molecular flexibility index (Phi) is 18.3. The van der Waals surface area contributed by atoms with Crippen molar-refractivity contribution >= 4 is 12.4 Å². The Morgan fingerprint density at radius 3 is 1.62 bits per heavy atom. The number of hydrogen-bond acceptors (Lipinski definition) is 8. The third-order valence-electron chi connectivity index (χ3n) is 6.66. The van der Waals surface area contributed by atoms with Gasteiger partial charge in [-0.15, -0.1) is 0 Å². The Morgan fingerprint density at radius 1 is 0.625 bits per heavy atom. The molecule has 0 atom stereocenters. The van der Waals surface area contributed by atoms with Gasteiger partial charge in [0, 0.05) is 12.4 Å². The van der Waals surface area contributed by atoms with Crippen molar-refractivity contribution in [2.45, 2.75) is 47.5 Å². The summed E-state index contributed by atoms with van der Waals surface area (Å²) >= 11 is 0. The lowest BCUT2D eigenvalue weighted by atomic mass is 10.1. The zero-order valence-corrected chi connectivity index (χ0v) is 28.6. The monoisotopic (exact) mass is 648 g/mol. The Labute approximate surface area is 285 Å². The maximum absolute atomic E-state index is 5.78. The van der Waals surface area contributed by atoms with Crippen LogP contribution in [0.25, 0.3) is 0 Å². The molecule has 0 saturated heterocycles. The highest BCUT2D eigenvalue weighted by molar-refractivity contribution is 5.77. The summed E-state index contributed by atoms with van der Waals surface area (Å²) in [6.45, 7) is 12.3. The van der Waals surface area contributed by atoms with Crippen LogP contribution in [0.1, 0.15) is 55.8 Å². The van der Waals surface area contributed by atoms with Crippen LogP contribution in [-0.4, -0.2) is 55.3 Å². The molecule has 0 aliphatic rings. The van der Waals surface area contributed by atoms with E-state index in [0.29, 0.717) is 52.7 Å². The zero-order valence-electron chi connectivity index (χ0n) is 28.6. The molecule has 48 heavy (non-hydrogen) atoms. The molecule has 0 radical (unpaired) electrons. The van der Waals surface area contributed by atoms with E-state index in [1.807, 2.05) is 101 Å². The predicted molar refractivity (Wildman–Crippen MR) is 195 cm³/mol. The zero-order chi connectivity index (χ0) is 34.1. The molecule has 0 spiro atoms. The van der Waals surface area contributed by atoms with E-state index in [1.165, 1.54) is 0 Å². The van der Waals surface area contributed by atoms with Crippen LogP contribution in [0, 0.1) is 0 Å². The summed E-state index contributed by atoms with van der Waals surface area (Å²) in [5, 5.41) is 0. The molecule has 8 nitrogen and oxygen atoms in total. The van der Waals surface area contributed by atoms with Crippen molar-refractivity contribution in [3.05, 3.63) is 143 Å². The molecule has 0 fully saturated rings. The highest BCUT2D eigenvalue weighted by atomic mass is 16.5. The summed E-state index contributed by atoms with van der Waals surface area (Å²) in [7, 11) is 0. The van der Waals surface area contributed by atoms with Gasteiger partial charge < -0.3 is 18.9 Å². The highest BCUT2D eigenvalue weighted by Gasteiger charge is 2.00. The van der Waals surface area contributed by atoms with Crippen molar-refractivity contribution in [2.24, 2.45) is 9.98 Å². The summed E-state index contributed by atoms with van der Waals surface area (Å²) in [5.41, 5.74) is 6.01. The van der Waals surface area contributed by atoms with Gasteiger partial charge in [-0.25, -0.2) is 0 Å². The minimum Gasteiger partial charge on any atom is -0.487 e. The molecular weight excluding hydrogens is 600 g/mol. The Hall–Kier alpha value is -4.92. The molecule has 0 amide bonds. The fourth-order valence-corrected chi connectivity index (χ4v) is 4.12. The van der Waals surface area contributed by atoms with E-state index < -0.39 is 0 Å². The van der Waals surface area contributed by atoms with Crippen LogP contribution in [0.2, 0.25) is 0 Å². The van der Waals surface area contributed by atoms with Crippen LogP contribution in [0.5, 0.6) is 11.5 Å². The number of aliphatic imine (C=N–C) groups is 2. The Balaban J connectivity index is 0.00000307. The molecule has 2 heterocycles. The fourth-order valence-electron chi connectivity index (χ4n) is 4.12. The summed E-state index contributed by atoms with van der Waals surface area (Å²) in [4.78, 5) is 17.6. The van der Waals surface area contributed by atoms with Gasteiger partial charge in [0.15, 0.2) is 0 Å². The predicted octanol–water partition coefficient (Wildman–Crippen LogP) is 8.25. The lowest BCUT2D eigenvalue weighted by molar-refractivity contribution is 0.126. The van der Waals surface area contributed by atoms with Crippen LogP contribution >= 0.6 is 0 Å². The quantitative estimate of drug-likeness (QED) is 0.0578. The van der Waals surface area contributed by atoms with E-state index in [4.69, 9.17) is 18.9 Å². The molecule has 0 saturated carbocycles. The molecule has 2 aromatic carbocycles. The molecule has 8 heteroatoms. The summed E-state index contributed by atoms with van der Waals surface area (Å²) in [6.07, 6.45) is 13.0. The van der Waals surface area contributed by atoms with Gasteiger partial charge in [0.1, 0.15) is 24.7 Å². The van der Waals surface area contributed by atoms with Gasteiger partial charge in [-0.3, -0.25) is 20.0 Å². The number of benzene rings is 2. The number of pyridine rings is 2. The molecule has 0 unspecified atom stereocenters. The van der Waals surface area contributed by atoms with Crippen molar-refractivity contribution < 1.29 is 18.9 Å². The molecule has 4 aromatic rings. The molecular formula is C40H48N4O4. The first-order valence-corrected chi connectivity index (χ1v) is 16.4. The van der Waals surface area contributed by atoms with E-state index in [2.05, 4.69) is 44.2 Å². The van der Waals surface area contributed by atoms with E-state index in [9.17, 15) is 0 Å². The standard InChI is InChI=1S/C38H42N4O4.C2H6/c1-3-8-31(4-2)29-45-37-17-15-35(41-25-37)23-39-19-21-43-27-33-11-13-34(14-12-33)28-44-22-20-40-24-36-16-18-38(26-42-36)46-30-32-9-6-5-7-10-32;1-2/h3-18,23-26H,19-22,27-30H2,1-2H3;1-2H3/b8-3-,31-4+,39-23?,40-24?;. The molecule has 252 valence electrons. The van der Waals surface area contributed by atoms with Crippen LogP contribution in [0.15, 0.2) is 125 Å². The minimum atomic E-state index is 0.516. The van der Waals surface area contributed by atoms with Gasteiger partial charge >= 0.3 is 0 Å². The fraction of sp³-hybridized carbons (Fsp3) is 0.300. The van der Waals surface area contributed by atoms with Crippen molar-refractivity contribution in [1.29, 1.82) is 0 Å². The molecule has 0 N–H and O–H groups in total. The first kappa shape index (κ1) is 37.5. The summed E-state index contributed by atoms with van der Waals surface area (Å²) in [5.74, 6) is 1.46. The summed E-state index contributed by atoms with van der Waals surface area (Å²) < 4.78 is 23.1. The maximum atomic E-state index is 5.78. The Bertz CT molecular complexity index is 1530. The molecule has 0 aliphatic heterocycles.